The maximum Gasteiger partial charge on any atom is 0.227 e. The van der Waals surface area contributed by atoms with Crippen molar-refractivity contribution in [2.75, 3.05) is 0 Å². The molecule has 27 heavy (non-hydrogen) atoms. The first-order valence-electron chi connectivity index (χ1n) is 10.7. The van der Waals surface area contributed by atoms with Crippen LogP contribution in [0.2, 0.25) is 0 Å². The highest BCUT2D eigenvalue weighted by Gasteiger charge is 2.18. The van der Waals surface area contributed by atoms with Crippen molar-refractivity contribution in [1.82, 2.24) is 9.97 Å². The molecule has 0 aliphatic heterocycles. The Morgan fingerprint density at radius 1 is 0.963 bits per heavy atom. The van der Waals surface area contributed by atoms with Crippen LogP contribution in [0.1, 0.15) is 33.1 Å². The number of hydrogen-bond donors (Lipinski definition) is 0. The van der Waals surface area contributed by atoms with Crippen LogP contribution in [0.5, 0.6) is 0 Å². The monoisotopic (exact) mass is 373 g/mol. The summed E-state index contributed by atoms with van der Waals surface area (Å²) in [6.45, 7) is -2.26. The van der Waals surface area contributed by atoms with Gasteiger partial charge in [-0.15, -0.1) is 11.3 Å². The molecule has 0 radical (unpaired) electrons. The van der Waals surface area contributed by atoms with E-state index >= 15 is 0 Å². The number of benzene rings is 1. The Morgan fingerprint density at radius 3 is 2.85 bits per heavy atom. The first kappa shape index (κ1) is 12.6. The molecule has 0 bridgehead atoms. The summed E-state index contributed by atoms with van der Waals surface area (Å²) >= 11 is 1.81. The van der Waals surface area contributed by atoms with Crippen LogP contribution >= 0.6 is 11.3 Å². The predicted octanol–water partition coefficient (Wildman–Crippen LogP) is 6.44. The molecule has 0 fully saturated rings. The Labute approximate surface area is 164 Å². The van der Waals surface area contributed by atoms with Crippen LogP contribution in [0, 0.1) is 6.85 Å². The Balaban J connectivity index is 1.55. The number of hydrogen-bond acceptors (Lipinski definition) is 4. The van der Waals surface area contributed by atoms with Crippen LogP contribution in [0.15, 0.2) is 46.9 Å². The fourth-order valence-electron chi connectivity index (χ4n) is 4.17. The van der Waals surface area contributed by atoms with Gasteiger partial charge in [0, 0.05) is 36.4 Å². The van der Waals surface area contributed by atoms with Gasteiger partial charge in [-0.3, -0.25) is 0 Å². The molecule has 4 aromatic heterocycles. The topological polar surface area (TPSA) is 38.9 Å². The third kappa shape index (κ3) is 2.26. The molecule has 3 nitrogen and oxygen atoms in total. The number of thiophene rings is 1. The predicted molar refractivity (Wildman–Crippen MR) is 112 cm³/mol. The van der Waals surface area contributed by atoms with Gasteiger partial charge >= 0.3 is 0 Å². The van der Waals surface area contributed by atoms with E-state index in [-0.39, 0.29) is 5.69 Å². The second kappa shape index (κ2) is 5.64. The van der Waals surface area contributed by atoms with E-state index in [1.54, 1.807) is 12.1 Å². The first-order chi connectivity index (χ1) is 14.5. The van der Waals surface area contributed by atoms with Gasteiger partial charge in [-0.05, 0) is 68.4 Å². The van der Waals surface area contributed by atoms with E-state index in [1.165, 1.54) is 28.7 Å². The fourth-order valence-corrected chi connectivity index (χ4v) is 5.43. The Kier molecular flexibility index (Phi) is 2.64. The number of fused-ring (bicyclic) bond motifs is 6. The van der Waals surface area contributed by atoms with E-state index < -0.39 is 6.85 Å². The molecule has 132 valence electrons. The molecule has 6 rings (SSSR count). The lowest BCUT2D eigenvalue weighted by molar-refractivity contribution is 0.653. The molecule has 0 saturated carbocycles. The SMILES string of the molecule is [2H]C([2H])([2H])c1ccc2c(n1)oc1c(-c3ccc4c5c(sc4n3)CCCC5)cccc12. The maximum atomic E-state index is 7.61. The van der Waals surface area contributed by atoms with Crippen LogP contribution in [0.3, 0.4) is 0 Å². The smallest absolute Gasteiger partial charge is 0.227 e. The summed E-state index contributed by atoms with van der Waals surface area (Å²) in [5.74, 6) is 0. The van der Waals surface area contributed by atoms with Crippen molar-refractivity contribution in [2.45, 2.75) is 32.5 Å². The van der Waals surface area contributed by atoms with Crippen molar-refractivity contribution >= 4 is 43.6 Å². The van der Waals surface area contributed by atoms with Crippen molar-refractivity contribution in [3.8, 4) is 11.3 Å². The molecule has 1 aromatic carbocycles. The van der Waals surface area contributed by atoms with Gasteiger partial charge in [0.2, 0.25) is 5.71 Å². The molecule has 4 heterocycles. The van der Waals surface area contributed by atoms with E-state index in [0.717, 1.165) is 39.7 Å². The number of nitrogens with zero attached hydrogens (tertiary/aromatic N) is 2. The summed E-state index contributed by atoms with van der Waals surface area (Å²) in [6.07, 6.45) is 4.82. The van der Waals surface area contributed by atoms with Crippen LogP contribution in [-0.2, 0) is 12.8 Å². The third-order valence-electron chi connectivity index (χ3n) is 5.46. The summed E-state index contributed by atoms with van der Waals surface area (Å²) in [4.78, 5) is 11.8. The van der Waals surface area contributed by atoms with Crippen molar-refractivity contribution < 1.29 is 8.53 Å². The molecule has 4 heteroatoms. The van der Waals surface area contributed by atoms with Crippen LogP contribution in [0.4, 0.5) is 0 Å². The second-order valence-corrected chi connectivity index (χ2v) is 8.18. The zero-order valence-electron chi connectivity index (χ0n) is 17.6. The number of rotatable bonds is 1. The minimum absolute atomic E-state index is 0.0410. The van der Waals surface area contributed by atoms with Gasteiger partial charge in [-0.25, -0.2) is 9.97 Å². The Morgan fingerprint density at radius 2 is 1.89 bits per heavy atom. The van der Waals surface area contributed by atoms with Crippen molar-refractivity contribution in [1.29, 1.82) is 0 Å². The third-order valence-corrected chi connectivity index (χ3v) is 6.66. The molecule has 0 spiro atoms. The largest absolute Gasteiger partial charge is 0.437 e. The lowest BCUT2D eigenvalue weighted by Gasteiger charge is -2.10. The van der Waals surface area contributed by atoms with Crippen molar-refractivity contribution in [3.05, 3.63) is 58.6 Å². The number of para-hydroxylation sites is 1. The second-order valence-electron chi connectivity index (χ2n) is 7.09. The quantitative estimate of drug-likeness (QED) is 0.339. The fraction of sp³-hybridized carbons (Fsp3) is 0.217. The van der Waals surface area contributed by atoms with Gasteiger partial charge in [0.25, 0.3) is 0 Å². The standard InChI is InChI=1S/C23H18N2OS/c1-13-9-10-16-15-6-4-7-18(21(15)26-22(16)24-13)19-12-11-17-14-5-2-3-8-20(14)27-23(17)25-19/h4,6-7,9-12H,2-3,5,8H2,1H3/i1D3. The van der Waals surface area contributed by atoms with Gasteiger partial charge in [-0.2, -0.15) is 0 Å². The average molecular weight is 373 g/mol. The van der Waals surface area contributed by atoms with E-state index in [1.807, 2.05) is 29.5 Å². The van der Waals surface area contributed by atoms with Crippen LogP contribution in [-0.4, -0.2) is 9.97 Å². The number of aryl methyl sites for hydroxylation is 3. The van der Waals surface area contributed by atoms with E-state index in [4.69, 9.17) is 13.5 Å². The highest BCUT2D eigenvalue weighted by molar-refractivity contribution is 7.18. The van der Waals surface area contributed by atoms with Crippen molar-refractivity contribution in [3.63, 3.8) is 0 Å². The molecular weight excluding hydrogens is 352 g/mol. The van der Waals surface area contributed by atoms with Gasteiger partial charge in [0.15, 0.2) is 0 Å². The maximum absolute atomic E-state index is 7.61. The summed E-state index contributed by atoms with van der Waals surface area (Å²) in [7, 11) is 0. The summed E-state index contributed by atoms with van der Waals surface area (Å²) in [5.41, 5.74) is 4.31. The van der Waals surface area contributed by atoms with Gasteiger partial charge < -0.3 is 4.42 Å². The van der Waals surface area contributed by atoms with E-state index in [2.05, 4.69) is 17.1 Å². The summed E-state index contributed by atoms with van der Waals surface area (Å²) in [6, 6.07) is 13.5. The molecule has 5 aromatic rings. The molecule has 0 atom stereocenters. The normalized spacial score (nSPS) is 16.4. The Hall–Kier alpha value is -2.72. The molecule has 0 N–H and O–H groups in total. The number of pyridine rings is 2. The Bertz CT molecular complexity index is 1450. The highest BCUT2D eigenvalue weighted by atomic mass is 32.1. The minimum Gasteiger partial charge on any atom is -0.437 e. The number of furan rings is 1. The first-order valence-corrected chi connectivity index (χ1v) is 10.0. The molecule has 0 amide bonds. The molecular formula is C23H18N2OS. The zero-order valence-corrected chi connectivity index (χ0v) is 15.4. The van der Waals surface area contributed by atoms with Gasteiger partial charge in [0.1, 0.15) is 10.4 Å². The molecule has 0 unspecified atom stereocenters. The molecule has 1 aliphatic carbocycles. The average Bonchev–Trinajstić information content (AvgIpc) is 3.30. The zero-order chi connectivity index (χ0) is 20.5. The number of aromatic nitrogens is 2. The minimum atomic E-state index is -2.26. The molecule has 0 saturated heterocycles. The van der Waals surface area contributed by atoms with Crippen LogP contribution in [0.25, 0.3) is 43.5 Å². The molecule has 1 aliphatic rings. The highest BCUT2D eigenvalue weighted by Crippen LogP contribution is 2.39. The summed E-state index contributed by atoms with van der Waals surface area (Å²) < 4.78 is 28.9. The van der Waals surface area contributed by atoms with Crippen molar-refractivity contribution in [2.24, 2.45) is 0 Å². The van der Waals surface area contributed by atoms with Gasteiger partial charge in [-0.1, -0.05) is 12.1 Å². The van der Waals surface area contributed by atoms with Gasteiger partial charge in [0.05, 0.1) is 5.69 Å². The van der Waals surface area contributed by atoms with Crippen LogP contribution < -0.4 is 0 Å². The lowest BCUT2D eigenvalue weighted by atomic mass is 9.96. The lowest BCUT2D eigenvalue weighted by Crippen LogP contribution is -1.97. The van der Waals surface area contributed by atoms with E-state index in [0.29, 0.717) is 11.3 Å². The van der Waals surface area contributed by atoms with E-state index in [9.17, 15) is 0 Å². The summed E-state index contributed by atoms with van der Waals surface area (Å²) in [5, 5.41) is 3.01.